The van der Waals surface area contributed by atoms with Crippen LogP contribution in [0, 0.1) is 0 Å². The van der Waals surface area contributed by atoms with Crippen LogP contribution in [-0.2, 0) is 22.7 Å². The van der Waals surface area contributed by atoms with Gasteiger partial charge in [-0.25, -0.2) is 4.79 Å². The van der Waals surface area contributed by atoms with E-state index in [1.165, 1.54) is 16.1 Å². The van der Waals surface area contributed by atoms with Gasteiger partial charge in [-0.05, 0) is 34.4 Å². The number of tetrazole rings is 1. The molecule has 8 heteroatoms. The van der Waals surface area contributed by atoms with Crippen LogP contribution in [0.5, 0.6) is 0 Å². The number of nitrogens with zero attached hydrogens (tertiary/aromatic N) is 4. The third kappa shape index (κ3) is 3.69. The van der Waals surface area contributed by atoms with Crippen molar-refractivity contribution in [1.29, 1.82) is 0 Å². The van der Waals surface area contributed by atoms with Crippen LogP contribution in [0.4, 0.5) is 0 Å². The van der Waals surface area contributed by atoms with Gasteiger partial charge in [0.2, 0.25) is 5.82 Å². The Kier molecular flexibility index (Phi) is 4.45. The van der Waals surface area contributed by atoms with Crippen LogP contribution in [0.1, 0.15) is 5.56 Å². The van der Waals surface area contributed by atoms with Crippen molar-refractivity contribution in [2.45, 2.75) is 13.2 Å². The smallest absolute Gasteiger partial charge is 0.330 e. The average molecular weight is 335 g/mol. The third-order valence-electron chi connectivity index (χ3n) is 2.78. The Bertz CT molecular complexity index is 756. The van der Waals surface area contributed by atoms with E-state index in [1.807, 2.05) is 17.5 Å². The molecule has 2 aromatic heterocycles. The van der Waals surface area contributed by atoms with Gasteiger partial charge in [-0.15, -0.1) is 21.5 Å². The SMILES string of the molecule is O=C(Cn1nnc(-c2cccs2)n1)OCc1ccc(Cl)cc1. The summed E-state index contributed by atoms with van der Waals surface area (Å²) in [4.78, 5) is 13.9. The first-order chi connectivity index (χ1) is 10.7. The van der Waals surface area contributed by atoms with Crippen molar-refractivity contribution in [3.63, 3.8) is 0 Å². The fraction of sp³-hybridized carbons (Fsp3) is 0.143. The first kappa shape index (κ1) is 14.7. The van der Waals surface area contributed by atoms with E-state index in [-0.39, 0.29) is 13.2 Å². The highest BCUT2D eigenvalue weighted by Crippen LogP contribution is 2.19. The number of benzene rings is 1. The second-order valence-electron chi connectivity index (χ2n) is 4.41. The molecule has 0 amide bonds. The molecule has 1 aromatic carbocycles. The summed E-state index contributed by atoms with van der Waals surface area (Å²) in [6, 6.07) is 10.9. The normalized spacial score (nSPS) is 10.6. The number of hydrogen-bond acceptors (Lipinski definition) is 6. The van der Waals surface area contributed by atoms with E-state index in [0.717, 1.165) is 10.4 Å². The van der Waals surface area contributed by atoms with E-state index in [0.29, 0.717) is 10.8 Å². The Hall–Kier alpha value is -2.25. The van der Waals surface area contributed by atoms with Gasteiger partial charge >= 0.3 is 5.97 Å². The van der Waals surface area contributed by atoms with Gasteiger partial charge in [-0.2, -0.15) is 4.80 Å². The van der Waals surface area contributed by atoms with E-state index in [9.17, 15) is 4.79 Å². The molecular weight excluding hydrogens is 324 g/mol. The molecule has 2 heterocycles. The number of carbonyl (C=O) groups is 1. The molecule has 0 aliphatic carbocycles. The van der Waals surface area contributed by atoms with Crippen LogP contribution in [0.25, 0.3) is 10.7 Å². The summed E-state index contributed by atoms with van der Waals surface area (Å²) in [5, 5.41) is 14.5. The zero-order valence-corrected chi connectivity index (χ0v) is 12.9. The van der Waals surface area contributed by atoms with Gasteiger partial charge in [0.15, 0.2) is 6.54 Å². The van der Waals surface area contributed by atoms with Crippen LogP contribution < -0.4 is 0 Å². The first-order valence-electron chi connectivity index (χ1n) is 6.42. The molecule has 0 bridgehead atoms. The van der Waals surface area contributed by atoms with Crippen LogP contribution in [0.15, 0.2) is 41.8 Å². The summed E-state index contributed by atoms with van der Waals surface area (Å²) < 4.78 is 5.16. The fourth-order valence-electron chi connectivity index (χ4n) is 1.72. The maximum Gasteiger partial charge on any atom is 0.330 e. The molecule has 0 aliphatic heterocycles. The molecule has 0 N–H and O–H groups in total. The minimum absolute atomic E-state index is 0.0774. The standard InChI is InChI=1S/C14H11ClN4O2S/c15-11-5-3-10(4-6-11)9-21-13(20)8-19-17-14(16-18-19)12-2-1-7-22-12/h1-7H,8-9H2. The zero-order valence-electron chi connectivity index (χ0n) is 11.3. The Balaban J connectivity index is 1.54. The van der Waals surface area contributed by atoms with Crippen LogP contribution in [0.3, 0.4) is 0 Å². The second-order valence-corrected chi connectivity index (χ2v) is 5.79. The van der Waals surface area contributed by atoms with Gasteiger partial charge in [-0.3, -0.25) is 0 Å². The summed E-state index contributed by atoms with van der Waals surface area (Å²) in [5.41, 5.74) is 0.864. The zero-order chi connectivity index (χ0) is 15.4. The number of thiophene rings is 1. The predicted molar refractivity (Wildman–Crippen MR) is 82.4 cm³/mol. The predicted octanol–water partition coefficient (Wildman–Crippen LogP) is 2.80. The third-order valence-corrected chi connectivity index (χ3v) is 3.90. The summed E-state index contributed by atoms with van der Waals surface area (Å²) in [6.07, 6.45) is 0. The maximum atomic E-state index is 11.8. The summed E-state index contributed by atoms with van der Waals surface area (Å²) in [6.45, 7) is 0.106. The van der Waals surface area contributed by atoms with E-state index in [2.05, 4.69) is 15.4 Å². The molecule has 0 unspecified atom stereocenters. The van der Waals surface area contributed by atoms with Crippen LogP contribution in [-0.4, -0.2) is 26.2 Å². The molecule has 6 nitrogen and oxygen atoms in total. The number of esters is 1. The number of ether oxygens (including phenoxy) is 1. The highest BCUT2D eigenvalue weighted by molar-refractivity contribution is 7.13. The van der Waals surface area contributed by atoms with Crippen molar-refractivity contribution >= 4 is 28.9 Å². The topological polar surface area (TPSA) is 69.9 Å². The van der Waals surface area contributed by atoms with Gasteiger partial charge in [0, 0.05) is 5.02 Å². The van der Waals surface area contributed by atoms with Crippen molar-refractivity contribution in [2.24, 2.45) is 0 Å². The Labute approximate surface area is 135 Å². The molecule has 0 radical (unpaired) electrons. The number of carbonyl (C=O) groups excluding carboxylic acids is 1. The number of halogens is 1. The monoisotopic (exact) mass is 334 g/mol. The maximum absolute atomic E-state index is 11.8. The van der Waals surface area contributed by atoms with E-state index in [1.54, 1.807) is 24.3 Å². The number of aromatic nitrogens is 4. The molecule has 0 atom stereocenters. The molecule has 112 valence electrons. The Morgan fingerprint density at radius 1 is 1.27 bits per heavy atom. The molecule has 0 aliphatic rings. The lowest BCUT2D eigenvalue weighted by Gasteiger charge is -2.04. The Morgan fingerprint density at radius 2 is 2.09 bits per heavy atom. The first-order valence-corrected chi connectivity index (χ1v) is 7.68. The molecule has 3 aromatic rings. The van der Waals surface area contributed by atoms with Crippen LogP contribution >= 0.6 is 22.9 Å². The number of rotatable bonds is 5. The molecular formula is C14H11ClN4O2S. The largest absolute Gasteiger partial charge is 0.459 e. The highest BCUT2D eigenvalue weighted by atomic mass is 35.5. The van der Waals surface area contributed by atoms with E-state index >= 15 is 0 Å². The quantitative estimate of drug-likeness (QED) is 0.671. The van der Waals surface area contributed by atoms with E-state index < -0.39 is 5.97 Å². The molecule has 0 fully saturated rings. The van der Waals surface area contributed by atoms with Crippen molar-refractivity contribution in [1.82, 2.24) is 20.2 Å². The molecule has 0 spiro atoms. The highest BCUT2D eigenvalue weighted by Gasteiger charge is 2.10. The van der Waals surface area contributed by atoms with Gasteiger partial charge in [0.25, 0.3) is 0 Å². The van der Waals surface area contributed by atoms with Gasteiger partial charge < -0.3 is 4.74 Å². The van der Waals surface area contributed by atoms with Gasteiger partial charge in [0.1, 0.15) is 6.61 Å². The summed E-state index contributed by atoms with van der Waals surface area (Å²) in [7, 11) is 0. The minimum Gasteiger partial charge on any atom is -0.459 e. The second kappa shape index (κ2) is 6.67. The van der Waals surface area contributed by atoms with Gasteiger partial charge in [0.05, 0.1) is 4.88 Å². The lowest BCUT2D eigenvalue weighted by Crippen LogP contribution is -2.15. The molecule has 0 saturated heterocycles. The van der Waals surface area contributed by atoms with Crippen LogP contribution in [0.2, 0.25) is 5.02 Å². The lowest BCUT2D eigenvalue weighted by atomic mass is 10.2. The number of hydrogen-bond donors (Lipinski definition) is 0. The van der Waals surface area contributed by atoms with Crippen molar-refractivity contribution in [3.8, 4) is 10.7 Å². The van der Waals surface area contributed by atoms with Crippen molar-refractivity contribution in [2.75, 3.05) is 0 Å². The molecule has 22 heavy (non-hydrogen) atoms. The van der Waals surface area contributed by atoms with Crippen molar-refractivity contribution in [3.05, 3.63) is 52.4 Å². The lowest BCUT2D eigenvalue weighted by molar-refractivity contribution is -0.146. The summed E-state index contributed by atoms with van der Waals surface area (Å²) >= 11 is 7.30. The van der Waals surface area contributed by atoms with Crippen molar-refractivity contribution < 1.29 is 9.53 Å². The minimum atomic E-state index is -0.426. The Morgan fingerprint density at radius 3 is 2.82 bits per heavy atom. The average Bonchev–Trinajstić information content (AvgIpc) is 3.17. The molecule has 3 rings (SSSR count). The molecule has 0 saturated carbocycles. The summed E-state index contributed by atoms with van der Waals surface area (Å²) in [5.74, 6) is 0.0746. The van der Waals surface area contributed by atoms with E-state index in [4.69, 9.17) is 16.3 Å². The fourth-order valence-corrected chi connectivity index (χ4v) is 2.49. The van der Waals surface area contributed by atoms with Gasteiger partial charge in [-0.1, -0.05) is 29.8 Å².